The van der Waals surface area contributed by atoms with Crippen LogP contribution >= 0.6 is 0 Å². The fourth-order valence-electron chi connectivity index (χ4n) is 2.99. The van der Waals surface area contributed by atoms with Crippen LogP contribution in [0.1, 0.15) is 51.6 Å². The first-order chi connectivity index (χ1) is 9.81. The maximum absolute atomic E-state index is 4.70. The summed E-state index contributed by atoms with van der Waals surface area (Å²) in [5.74, 6) is 1.06. The van der Waals surface area contributed by atoms with Gasteiger partial charge in [0.1, 0.15) is 5.82 Å². The molecule has 0 unspecified atom stereocenters. The summed E-state index contributed by atoms with van der Waals surface area (Å²) >= 11 is 0. The van der Waals surface area contributed by atoms with Crippen molar-refractivity contribution in [3.05, 3.63) is 30.1 Å². The van der Waals surface area contributed by atoms with E-state index in [9.17, 15) is 0 Å². The number of hydrogen-bond donors (Lipinski definition) is 1. The van der Waals surface area contributed by atoms with Crippen LogP contribution in [0.4, 0.5) is 5.82 Å². The third-order valence-electron chi connectivity index (χ3n) is 4.12. The minimum absolute atomic E-state index is 0.577. The smallest absolute Gasteiger partial charge is 0.157 e. The highest BCUT2D eigenvalue weighted by Crippen LogP contribution is 2.25. The summed E-state index contributed by atoms with van der Waals surface area (Å²) in [4.78, 5) is 4.70. The Morgan fingerprint density at radius 1 is 1.45 bits per heavy atom. The van der Waals surface area contributed by atoms with E-state index in [-0.39, 0.29) is 0 Å². The highest BCUT2D eigenvalue weighted by atomic mass is 15.3. The van der Waals surface area contributed by atoms with E-state index in [4.69, 9.17) is 4.98 Å². The van der Waals surface area contributed by atoms with Gasteiger partial charge in [-0.15, -0.1) is 0 Å². The van der Waals surface area contributed by atoms with Crippen molar-refractivity contribution >= 4 is 17.0 Å². The number of nitrogens with one attached hydrogen (secondary N) is 1. The molecule has 20 heavy (non-hydrogen) atoms. The Morgan fingerprint density at radius 2 is 2.25 bits per heavy atom. The van der Waals surface area contributed by atoms with E-state index in [0.717, 1.165) is 23.6 Å². The van der Waals surface area contributed by atoms with Crippen LogP contribution in [0.15, 0.2) is 24.4 Å². The normalized spacial score (nSPS) is 17.0. The third-order valence-corrected chi connectivity index (χ3v) is 4.12. The van der Waals surface area contributed by atoms with Crippen LogP contribution < -0.4 is 5.32 Å². The SMILES string of the molecule is C/C=C(\CC)c1cc(NC2CCCC2)n2nccc2n1. The maximum atomic E-state index is 4.70. The van der Waals surface area contributed by atoms with Gasteiger partial charge in [0.15, 0.2) is 5.65 Å². The molecule has 0 aliphatic heterocycles. The predicted octanol–water partition coefficient (Wildman–Crippen LogP) is 3.90. The minimum Gasteiger partial charge on any atom is -0.367 e. The first-order valence-corrected chi connectivity index (χ1v) is 7.58. The van der Waals surface area contributed by atoms with Crippen LogP contribution in [0.2, 0.25) is 0 Å². The average Bonchev–Trinajstić information content (AvgIpc) is 3.11. The van der Waals surface area contributed by atoms with Gasteiger partial charge >= 0.3 is 0 Å². The molecule has 1 fully saturated rings. The van der Waals surface area contributed by atoms with Gasteiger partial charge in [0, 0.05) is 18.2 Å². The number of fused-ring (bicyclic) bond motifs is 1. The van der Waals surface area contributed by atoms with Gasteiger partial charge in [-0.1, -0.05) is 25.8 Å². The molecule has 2 heterocycles. The van der Waals surface area contributed by atoms with Crippen LogP contribution in [0.5, 0.6) is 0 Å². The van der Waals surface area contributed by atoms with Gasteiger partial charge in [-0.3, -0.25) is 0 Å². The molecule has 0 radical (unpaired) electrons. The molecule has 1 saturated carbocycles. The minimum atomic E-state index is 0.577. The van der Waals surface area contributed by atoms with Crippen LogP contribution in [-0.4, -0.2) is 20.6 Å². The van der Waals surface area contributed by atoms with Crippen molar-refractivity contribution in [2.24, 2.45) is 0 Å². The molecule has 106 valence electrons. The van der Waals surface area contributed by atoms with Crippen molar-refractivity contribution in [1.82, 2.24) is 14.6 Å². The first-order valence-electron chi connectivity index (χ1n) is 7.58. The van der Waals surface area contributed by atoms with Gasteiger partial charge in [0.2, 0.25) is 0 Å². The fraction of sp³-hybridized carbons (Fsp3) is 0.500. The average molecular weight is 270 g/mol. The van der Waals surface area contributed by atoms with Gasteiger partial charge < -0.3 is 5.32 Å². The van der Waals surface area contributed by atoms with Crippen molar-refractivity contribution in [2.45, 2.75) is 52.0 Å². The molecule has 4 nitrogen and oxygen atoms in total. The number of hydrogen-bond acceptors (Lipinski definition) is 3. The highest BCUT2D eigenvalue weighted by Gasteiger charge is 2.17. The molecule has 4 heteroatoms. The van der Waals surface area contributed by atoms with Gasteiger partial charge in [-0.05, 0) is 31.8 Å². The molecule has 3 rings (SSSR count). The first kappa shape index (κ1) is 13.2. The largest absolute Gasteiger partial charge is 0.367 e. The lowest BCUT2D eigenvalue weighted by atomic mass is 10.1. The number of allylic oxidation sites excluding steroid dienone is 2. The Labute approximate surface area is 119 Å². The van der Waals surface area contributed by atoms with E-state index in [1.54, 1.807) is 0 Å². The Bertz CT molecular complexity index is 620. The van der Waals surface area contributed by atoms with Crippen LogP contribution in [0.3, 0.4) is 0 Å². The van der Waals surface area contributed by atoms with E-state index >= 15 is 0 Å². The molecule has 0 aromatic carbocycles. The van der Waals surface area contributed by atoms with Crippen molar-refractivity contribution in [1.29, 1.82) is 0 Å². The molecule has 0 bridgehead atoms. The Hall–Kier alpha value is -1.84. The molecule has 0 spiro atoms. The lowest BCUT2D eigenvalue weighted by molar-refractivity contribution is 0.740. The molecule has 1 aliphatic rings. The highest BCUT2D eigenvalue weighted by molar-refractivity contribution is 5.67. The topological polar surface area (TPSA) is 42.2 Å². The molecular formula is C16H22N4. The summed E-state index contributed by atoms with van der Waals surface area (Å²) in [5, 5.41) is 8.03. The Morgan fingerprint density at radius 3 is 2.95 bits per heavy atom. The number of nitrogens with zero attached hydrogens (tertiary/aromatic N) is 3. The van der Waals surface area contributed by atoms with Crippen molar-refractivity contribution in [3.63, 3.8) is 0 Å². The molecule has 2 aromatic rings. The van der Waals surface area contributed by atoms with E-state index in [2.05, 4.69) is 36.4 Å². The number of rotatable bonds is 4. The van der Waals surface area contributed by atoms with E-state index in [1.165, 1.54) is 31.3 Å². The predicted molar refractivity (Wildman–Crippen MR) is 82.8 cm³/mol. The van der Waals surface area contributed by atoms with Crippen LogP contribution in [0, 0.1) is 0 Å². The quantitative estimate of drug-likeness (QED) is 0.916. The fourth-order valence-corrected chi connectivity index (χ4v) is 2.99. The lowest BCUT2D eigenvalue weighted by Crippen LogP contribution is -2.17. The lowest BCUT2D eigenvalue weighted by Gasteiger charge is -2.16. The zero-order valence-corrected chi connectivity index (χ0v) is 12.3. The molecular weight excluding hydrogens is 248 g/mol. The molecule has 1 N–H and O–H groups in total. The second-order valence-corrected chi connectivity index (χ2v) is 5.42. The van der Waals surface area contributed by atoms with Crippen LogP contribution in [0.25, 0.3) is 11.2 Å². The summed E-state index contributed by atoms with van der Waals surface area (Å²) in [6.07, 6.45) is 10.1. The summed E-state index contributed by atoms with van der Waals surface area (Å²) in [5.41, 5.74) is 3.25. The monoisotopic (exact) mass is 270 g/mol. The van der Waals surface area contributed by atoms with Gasteiger partial charge in [0.05, 0.1) is 11.9 Å². The summed E-state index contributed by atoms with van der Waals surface area (Å²) in [6, 6.07) is 4.68. The second-order valence-electron chi connectivity index (χ2n) is 5.42. The Kier molecular flexibility index (Phi) is 3.72. The summed E-state index contributed by atoms with van der Waals surface area (Å²) < 4.78 is 1.91. The van der Waals surface area contributed by atoms with Crippen molar-refractivity contribution in [3.8, 4) is 0 Å². The van der Waals surface area contributed by atoms with Crippen molar-refractivity contribution < 1.29 is 0 Å². The van der Waals surface area contributed by atoms with Gasteiger partial charge in [-0.2, -0.15) is 9.61 Å². The standard InChI is InChI=1S/C16H22N4/c1-3-12(4-2)14-11-16(18-13-7-5-6-8-13)20-15(19-14)9-10-17-20/h3,9-11,13,18H,4-8H2,1-2H3/b12-3+. The second kappa shape index (κ2) is 5.65. The third kappa shape index (κ3) is 2.42. The number of aromatic nitrogens is 3. The van der Waals surface area contributed by atoms with Crippen molar-refractivity contribution in [2.75, 3.05) is 5.32 Å². The molecule has 0 saturated heterocycles. The maximum Gasteiger partial charge on any atom is 0.157 e. The molecule has 0 atom stereocenters. The molecule has 1 aliphatic carbocycles. The molecule has 0 amide bonds. The zero-order valence-electron chi connectivity index (χ0n) is 12.3. The molecule has 2 aromatic heterocycles. The van der Waals surface area contributed by atoms with E-state index in [0.29, 0.717) is 6.04 Å². The van der Waals surface area contributed by atoms with Gasteiger partial charge in [-0.25, -0.2) is 4.98 Å². The van der Waals surface area contributed by atoms with E-state index < -0.39 is 0 Å². The summed E-state index contributed by atoms with van der Waals surface area (Å²) in [6.45, 7) is 4.24. The van der Waals surface area contributed by atoms with Crippen LogP contribution in [-0.2, 0) is 0 Å². The number of anilines is 1. The zero-order chi connectivity index (χ0) is 13.9. The Balaban J connectivity index is 2.01. The van der Waals surface area contributed by atoms with Gasteiger partial charge in [0.25, 0.3) is 0 Å². The summed E-state index contributed by atoms with van der Waals surface area (Å²) in [7, 11) is 0. The van der Waals surface area contributed by atoms with E-state index in [1.807, 2.05) is 16.8 Å².